The average Bonchev–Trinajstić information content (AvgIpc) is 2.64. The summed E-state index contributed by atoms with van der Waals surface area (Å²) in [7, 11) is -3.03. The lowest BCUT2D eigenvalue weighted by Crippen LogP contribution is -2.24. The van der Waals surface area contributed by atoms with Gasteiger partial charge in [0.2, 0.25) is 5.91 Å². The second kappa shape index (κ2) is 5.25. The fraction of sp³-hybridized carbons (Fsp3) is 0.462. The lowest BCUT2D eigenvalue weighted by molar-refractivity contribution is -0.119. The van der Waals surface area contributed by atoms with Crippen molar-refractivity contribution >= 4 is 37.4 Å². The molecule has 1 aromatic carbocycles. The summed E-state index contributed by atoms with van der Waals surface area (Å²) in [4.78, 5) is 12.1. The zero-order valence-corrected chi connectivity index (χ0v) is 13.3. The highest BCUT2D eigenvalue weighted by Gasteiger charge is 2.33. The first kappa shape index (κ1) is 14.5. The molecule has 1 heterocycles. The number of anilines is 1. The topological polar surface area (TPSA) is 63.2 Å². The van der Waals surface area contributed by atoms with Crippen LogP contribution in [0.3, 0.4) is 0 Å². The number of halogens is 1. The number of aryl methyl sites for hydroxylation is 2. The first-order chi connectivity index (χ1) is 8.78. The largest absolute Gasteiger partial charge is 0.325 e. The van der Waals surface area contributed by atoms with E-state index in [1.54, 1.807) is 0 Å². The lowest BCUT2D eigenvalue weighted by Gasteiger charge is -2.14. The summed E-state index contributed by atoms with van der Waals surface area (Å²) in [6.07, 6.45) is 0.413. The van der Waals surface area contributed by atoms with E-state index in [1.165, 1.54) is 0 Å². The van der Waals surface area contributed by atoms with Crippen LogP contribution in [0.15, 0.2) is 16.6 Å². The maximum absolute atomic E-state index is 12.1. The third-order valence-electron chi connectivity index (χ3n) is 3.28. The molecule has 0 aromatic heterocycles. The predicted molar refractivity (Wildman–Crippen MR) is 79.0 cm³/mol. The van der Waals surface area contributed by atoms with E-state index in [9.17, 15) is 13.2 Å². The second-order valence-electron chi connectivity index (χ2n) is 5.03. The van der Waals surface area contributed by atoms with E-state index >= 15 is 0 Å². The first-order valence-corrected chi connectivity index (χ1v) is 8.68. The van der Waals surface area contributed by atoms with Gasteiger partial charge in [0.1, 0.15) is 0 Å². The number of sulfone groups is 1. The molecule has 0 bridgehead atoms. The molecule has 4 nitrogen and oxygen atoms in total. The lowest BCUT2D eigenvalue weighted by atomic mass is 10.1. The van der Waals surface area contributed by atoms with Gasteiger partial charge in [-0.25, -0.2) is 8.42 Å². The number of hydrogen-bond donors (Lipinski definition) is 1. The molecule has 1 atom stereocenters. The number of carbonyl (C=O) groups excluding carboxylic acids is 1. The van der Waals surface area contributed by atoms with Gasteiger partial charge in [0.25, 0.3) is 0 Å². The van der Waals surface area contributed by atoms with Crippen LogP contribution in [0, 0.1) is 19.8 Å². The van der Waals surface area contributed by atoms with Crippen LogP contribution in [0.5, 0.6) is 0 Å². The minimum Gasteiger partial charge on any atom is -0.325 e. The Bertz CT molecular complexity index is 602. The molecule has 1 fully saturated rings. The second-order valence-corrected chi connectivity index (χ2v) is 8.11. The van der Waals surface area contributed by atoms with Gasteiger partial charge in [-0.3, -0.25) is 4.79 Å². The van der Waals surface area contributed by atoms with Crippen LogP contribution in [-0.4, -0.2) is 25.8 Å². The molecule has 1 saturated heterocycles. The molecule has 2 rings (SSSR count). The Hall–Kier alpha value is -0.880. The van der Waals surface area contributed by atoms with E-state index in [2.05, 4.69) is 21.2 Å². The van der Waals surface area contributed by atoms with Crippen LogP contribution in [0.4, 0.5) is 5.69 Å². The maximum Gasteiger partial charge on any atom is 0.228 e. The van der Waals surface area contributed by atoms with Crippen molar-refractivity contribution in [3.63, 3.8) is 0 Å². The summed E-state index contributed by atoms with van der Waals surface area (Å²) in [5.74, 6) is -0.577. The van der Waals surface area contributed by atoms with Gasteiger partial charge in [0, 0.05) is 4.47 Å². The Morgan fingerprint density at radius 3 is 2.58 bits per heavy atom. The first-order valence-electron chi connectivity index (χ1n) is 6.06. The van der Waals surface area contributed by atoms with Crippen LogP contribution in [0.1, 0.15) is 17.5 Å². The van der Waals surface area contributed by atoms with Crippen molar-refractivity contribution < 1.29 is 13.2 Å². The third kappa shape index (κ3) is 3.36. The van der Waals surface area contributed by atoms with Crippen LogP contribution in [-0.2, 0) is 14.6 Å². The van der Waals surface area contributed by atoms with Gasteiger partial charge in [-0.1, -0.05) is 6.07 Å². The monoisotopic (exact) mass is 345 g/mol. The zero-order chi connectivity index (χ0) is 14.2. The summed E-state index contributed by atoms with van der Waals surface area (Å²) >= 11 is 3.42. The normalized spacial score (nSPS) is 21.3. The minimum absolute atomic E-state index is 0.0403. The van der Waals surface area contributed by atoms with E-state index in [0.29, 0.717) is 6.42 Å². The highest BCUT2D eigenvalue weighted by atomic mass is 79.9. The van der Waals surface area contributed by atoms with Crippen LogP contribution in [0.25, 0.3) is 0 Å². The molecular weight excluding hydrogens is 330 g/mol. The summed E-state index contributed by atoms with van der Waals surface area (Å²) in [6, 6.07) is 3.90. The quantitative estimate of drug-likeness (QED) is 0.895. The highest BCUT2D eigenvalue weighted by Crippen LogP contribution is 2.29. The van der Waals surface area contributed by atoms with Gasteiger partial charge in [0.05, 0.1) is 23.1 Å². The van der Waals surface area contributed by atoms with Crippen molar-refractivity contribution in [3.05, 3.63) is 27.7 Å². The molecule has 1 aromatic rings. The molecule has 6 heteroatoms. The SMILES string of the molecule is Cc1cc(C)c(NC(=O)C2CCS(=O)(=O)C2)c(Br)c1. The van der Waals surface area contributed by atoms with Crippen molar-refractivity contribution in [2.75, 3.05) is 16.8 Å². The Morgan fingerprint density at radius 1 is 1.37 bits per heavy atom. The van der Waals surface area contributed by atoms with Gasteiger partial charge < -0.3 is 5.32 Å². The Morgan fingerprint density at radius 2 is 2.05 bits per heavy atom. The molecule has 1 amide bonds. The van der Waals surface area contributed by atoms with Crippen molar-refractivity contribution in [1.29, 1.82) is 0 Å². The minimum atomic E-state index is -3.03. The summed E-state index contributed by atoms with van der Waals surface area (Å²) in [6.45, 7) is 3.89. The van der Waals surface area contributed by atoms with Crippen molar-refractivity contribution in [2.24, 2.45) is 5.92 Å². The molecule has 0 aliphatic carbocycles. The molecule has 0 spiro atoms. The summed E-state index contributed by atoms with van der Waals surface area (Å²) in [5, 5.41) is 2.84. The van der Waals surface area contributed by atoms with E-state index in [0.717, 1.165) is 21.3 Å². The fourth-order valence-corrected chi connectivity index (χ4v) is 4.82. The molecule has 104 valence electrons. The van der Waals surface area contributed by atoms with Crippen LogP contribution >= 0.6 is 15.9 Å². The van der Waals surface area contributed by atoms with Gasteiger partial charge in [-0.15, -0.1) is 0 Å². The molecule has 1 aliphatic heterocycles. The van der Waals surface area contributed by atoms with E-state index in [4.69, 9.17) is 0 Å². The zero-order valence-electron chi connectivity index (χ0n) is 10.9. The summed E-state index contributed by atoms with van der Waals surface area (Å²) < 4.78 is 23.6. The molecule has 1 unspecified atom stereocenters. The molecule has 1 aliphatic rings. The van der Waals surface area contributed by atoms with Crippen LogP contribution < -0.4 is 5.32 Å². The smallest absolute Gasteiger partial charge is 0.228 e. The van der Waals surface area contributed by atoms with Crippen molar-refractivity contribution in [2.45, 2.75) is 20.3 Å². The molecule has 0 saturated carbocycles. The van der Waals surface area contributed by atoms with Gasteiger partial charge in [0.15, 0.2) is 9.84 Å². The predicted octanol–water partition coefficient (Wildman–Crippen LogP) is 2.44. The number of benzene rings is 1. The van der Waals surface area contributed by atoms with Crippen LogP contribution in [0.2, 0.25) is 0 Å². The maximum atomic E-state index is 12.1. The van der Waals surface area contributed by atoms with E-state index in [1.807, 2.05) is 26.0 Å². The number of rotatable bonds is 2. The highest BCUT2D eigenvalue weighted by molar-refractivity contribution is 9.10. The Kier molecular flexibility index (Phi) is 4.01. The number of amides is 1. The number of hydrogen-bond acceptors (Lipinski definition) is 3. The van der Waals surface area contributed by atoms with Gasteiger partial charge >= 0.3 is 0 Å². The average molecular weight is 346 g/mol. The molecule has 1 N–H and O–H groups in total. The molecular formula is C13H16BrNO3S. The number of nitrogens with one attached hydrogen (secondary N) is 1. The van der Waals surface area contributed by atoms with Crippen molar-refractivity contribution in [3.8, 4) is 0 Å². The van der Waals surface area contributed by atoms with E-state index < -0.39 is 15.8 Å². The van der Waals surface area contributed by atoms with Gasteiger partial charge in [-0.05, 0) is 53.4 Å². The number of carbonyl (C=O) groups is 1. The third-order valence-corrected chi connectivity index (χ3v) is 5.68. The summed E-state index contributed by atoms with van der Waals surface area (Å²) in [5.41, 5.74) is 2.78. The van der Waals surface area contributed by atoms with Gasteiger partial charge in [-0.2, -0.15) is 0 Å². The molecule has 19 heavy (non-hydrogen) atoms. The Labute approximate surface area is 121 Å². The fourth-order valence-electron chi connectivity index (χ4n) is 2.30. The Balaban J connectivity index is 2.16. The molecule has 0 radical (unpaired) electrons. The van der Waals surface area contributed by atoms with E-state index in [-0.39, 0.29) is 17.4 Å². The van der Waals surface area contributed by atoms with Crippen molar-refractivity contribution in [1.82, 2.24) is 0 Å². The standard InChI is InChI=1S/C13H16BrNO3S/c1-8-5-9(2)12(11(14)6-8)15-13(16)10-3-4-19(17,18)7-10/h5-6,10H,3-4,7H2,1-2H3,(H,15,16).